The number of ether oxygens (including phenoxy) is 2. The average Bonchev–Trinajstić information content (AvgIpc) is 2.40. The lowest BCUT2D eigenvalue weighted by Gasteiger charge is -2.16. The summed E-state index contributed by atoms with van der Waals surface area (Å²) in [6.45, 7) is 4.99. The number of benzene rings is 1. The number of rotatable bonds is 9. The van der Waals surface area contributed by atoms with Crippen LogP contribution in [0.4, 0.5) is 0 Å². The average molecular weight is 266 g/mol. The highest BCUT2D eigenvalue weighted by atomic mass is 16.5. The summed E-state index contributed by atoms with van der Waals surface area (Å²) in [5, 5.41) is 9.19. The van der Waals surface area contributed by atoms with Crippen LogP contribution in [0.15, 0.2) is 24.3 Å². The predicted octanol–water partition coefficient (Wildman–Crippen LogP) is 2.90. The van der Waals surface area contributed by atoms with E-state index in [9.17, 15) is 9.90 Å². The lowest BCUT2D eigenvalue weighted by molar-refractivity contribution is -0.150. The van der Waals surface area contributed by atoms with Gasteiger partial charge in [-0.1, -0.05) is 31.5 Å². The fraction of sp³-hybridized carbons (Fsp3) is 0.533. The zero-order valence-electron chi connectivity index (χ0n) is 11.6. The number of carbonyl (C=O) groups is 1. The quantitative estimate of drug-likeness (QED) is 0.698. The van der Waals surface area contributed by atoms with E-state index in [0.29, 0.717) is 19.6 Å². The fourth-order valence-corrected chi connectivity index (χ4v) is 1.76. The number of hydrogen-bond acceptors (Lipinski definition) is 3. The summed E-state index contributed by atoms with van der Waals surface area (Å²) in [5.41, 5.74) is 0.869. The standard InChI is InChI=1S/C15H22O4/c1-3-5-10-19-14(15(16)17)11-12-8-6-7-9-13(12)18-4-2/h6-9,14H,3-5,10-11H2,1-2H3,(H,16,17)/t14-/m1/s1. The van der Waals surface area contributed by atoms with Crippen LogP contribution in [0.5, 0.6) is 5.75 Å². The van der Waals surface area contributed by atoms with Gasteiger partial charge in [-0.25, -0.2) is 4.79 Å². The van der Waals surface area contributed by atoms with Crippen molar-refractivity contribution < 1.29 is 19.4 Å². The van der Waals surface area contributed by atoms with E-state index in [2.05, 4.69) is 0 Å². The maximum absolute atomic E-state index is 11.2. The first-order chi connectivity index (χ1) is 9.19. The lowest BCUT2D eigenvalue weighted by Crippen LogP contribution is -2.27. The minimum atomic E-state index is -0.928. The van der Waals surface area contributed by atoms with E-state index in [1.807, 2.05) is 38.1 Å². The molecule has 0 saturated carbocycles. The van der Waals surface area contributed by atoms with Crippen LogP contribution in [0.3, 0.4) is 0 Å². The van der Waals surface area contributed by atoms with Crippen molar-refractivity contribution in [2.75, 3.05) is 13.2 Å². The maximum atomic E-state index is 11.2. The van der Waals surface area contributed by atoms with E-state index in [1.54, 1.807) is 0 Å². The van der Waals surface area contributed by atoms with E-state index >= 15 is 0 Å². The summed E-state index contributed by atoms with van der Waals surface area (Å²) >= 11 is 0. The molecule has 0 unspecified atom stereocenters. The Morgan fingerprint density at radius 2 is 2.05 bits per heavy atom. The number of hydrogen-bond donors (Lipinski definition) is 1. The van der Waals surface area contributed by atoms with Crippen LogP contribution in [0.1, 0.15) is 32.3 Å². The SMILES string of the molecule is CCCCO[C@H](Cc1ccccc1OCC)C(=O)O. The van der Waals surface area contributed by atoms with Crippen molar-refractivity contribution in [1.82, 2.24) is 0 Å². The Hall–Kier alpha value is -1.55. The molecule has 0 aromatic heterocycles. The molecule has 0 saturated heterocycles. The van der Waals surface area contributed by atoms with Gasteiger partial charge in [-0.15, -0.1) is 0 Å². The smallest absolute Gasteiger partial charge is 0.333 e. The van der Waals surface area contributed by atoms with E-state index in [-0.39, 0.29) is 0 Å². The molecular formula is C15H22O4. The Morgan fingerprint density at radius 3 is 2.68 bits per heavy atom. The van der Waals surface area contributed by atoms with Gasteiger partial charge < -0.3 is 14.6 Å². The first-order valence-corrected chi connectivity index (χ1v) is 6.74. The Labute approximate surface area is 114 Å². The summed E-state index contributed by atoms with van der Waals surface area (Å²) in [6.07, 6.45) is 1.38. The number of aliphatic carboxylic acids is 1. The van der Waals surface area contributed by atoms with Crippen molar-refractivity contribution in [1.29, 1.82) is 0 Å². The Balaban J connectivity index is 2.70. The van der Waals surface area contributed by atoms with Crippen LogP contribution in [0, 0.1) is 0 Å². The molecule has 0 aliphatic rings. The number of carboxylic acid groups (broad SMARTS) is 1. The molecule has 0 aliphatic heterocycles. The van der Waals surface area contributed by atoms with Crippen molar-refractivity contribution in [3.8, 4) is 5.75 Å². The van der Waals surface area contributed by atoms with E-state index in [1.165, 1.54) is 0 Å². The van der Waals surface area contributed by atoms with Gasteiger partial charge in [-0.3, -0.25) is 0 Å². The van der Waals surface area contributed by atoms with Gasteiger partial charge in [0.1, 0.15) is 5.75 Å². The van der Waals surface area contributed by atoms with Crippen LogP contribution in [0.25, 0.3) is 0 Å². The van der Waals surface area contributed by atoms with Crippen molar-refractivity contribution in [3.63, 3.8) is 0 Å². The van der Waals surface area contributed by atoms with Crippen molar-refractivity contribution >= 4 is 5.97 Å². The molecule has 0 aliphatic carbocycles. The summed E-state index contributed by atoms with van der Waals surface area (Å²) in [6, 6.07) is 7.49. The molecule has 0 heterocycles. The van der Waals surface area contributed by atoms with Crippen molar-refractivity contribution in [2.45, 2.75) is 39.2 Å². The Morgan fingerprint density at radius 1 is 1.32 bits per heavy atom. The maximum Gasteiger partial charge on any atom is 0.333 e. The molecule has 4 nitrogen and oxygen atoms in total. The minimum Gasteiger partial charge on any atom is -0.494 e. The van der Waals surface area contributed by atoms with Crippen molar-refractivity contribution in [2.24, 2.45) is 0 Å². The van der Waals surface area contributed by atoms with Gasteiger partial charge in [-0.05, 0) is 25.0 Å². The Bertz CT molecular complexity index is 389. The molecule has 1 N–H and O–H groups in total. The van der Waals surface area contributed by atoms with Gasteiger partial charge in [0, 0.05) is 13.0 Å². The minimum absolute atomic E-state index is 0.329. The number of carboxylic acids is 1. The summed E-state index contributed by atoms with van der Waals surface area (Å²) < 4.78 is 10.9. The highest BCUT2D eigenvalue weighted by Gasteiger charge is 2.20. The van der Waals surface area contributed by atoms with Gasteiger partial charge in [0.25, 0.3) is 0 Å². The molecule has 4 heteroatoms. The van der Waals surface area contributed by atoms with Crippen LogP contribution in [-0.2, 0) is 16.0 Å². The van der Waals surface area contributed by atoms with Crippen molar-refractivity contribution in [3.05, 3.63) is 29.8 Å². The molecule has 0 radical (unpaired) electrons. The van der Waals surface area contributed by atoms with Gasteiger partial charge in [0.15, 0.2) is 6.10 Å². The topological polar surface area (TPSA) is 55.8 Å². The molecule has 1 atom stereocenters. The molecule has 19 heavy (non-hydrogen) atoms. The van der Waals surface area contributed by atoms with Gasteiger partial charge in [0.05, 0.1) is 6.61 Å². The Kier molecular flexibility index (Phi) is 6.97. The molecule has 1 aromatic rings. The molecule has 0 bridgehead atoms. The van der Waals surface area contributed by atoms with Crippen LogP contribution in [0.2, 0.25) is 0 Å². The summed E-state index contributed by atoms with van der Waals surface area (Å²) in [7, 11) is 0. The number of unbranched alkanes of at least 4 members (excludes halogenated alkanes) is 1. The fourth-order valence-electron chi connectivity index (χ4n) is 1.76. The second-order valence-corrected chi connectivity index (χ2v) is 4.30. The third kappa shape index (κ3) is 5.30. The first kappa shape index (κ1) is 15.5. The first-order valence-electron chi connectivity index (χ1n) is 6.74. The lowest BCUT2D eigenvalue weighted by atomic mass is 10.1. The van der Waals surface area contributed by atoms with Gasteiger partial charge in [0.2, 0.25) is 0 Å². The van der Waals surface area contributed by atoms with Crippen LogP contribution < -0.4 is 4.74 Å². The van der Waals surface area contributed by atoms with Gasteiger partial charge in [-0.2, -0.15) is 0 Å². The highest BCUT2D eigenvalue weighted by molar-refractivity contribution is 5.73. The molecule has 0 fully saturated rings. The summed E-state index contributed by atoms with van der Waals surface area (Å²) in [4.78, 5) is 11.2. The van der Waals surface area contributed by atoms with E-state index < -0.39 is 12.1 Å². The zero-order valence-corrected chi connectivity index (χ0v) is 11.6. The largest absolute Gasteiger partial charge is 0.494 e. The van der Waals surface area contributed by atoms with Gasteiger partial charge >= 0.3 is 5.97 Å². The highest BCUT2D eigenvalue weighted by Crippen LogP contribution is 2.20. The number of para-hydroxylation sites is 1. The van der Waals surface area contributed by atoms with E-state index in [4.69, 9.17) is 9.47 Å². The van der Waals surface area contributed by atoms with Crippen LogP contribution in [-0.4, -0.2) is 30.4 Å². The normalized spacial score (nSPS) is 12.1. The molecular weight excluding hydrogens is 244 g/mol. The molecule has 1 rings (SSSR count). The molecule has 1 aromatic carbocycles. The summed E-state index contributed by atoms with van der Waals surface area (Å²) in [5.74, 6) is -0.197. The predicted molar refractivity (Wildman–Crippen MR) is 73.6 cm³/mol. The second-order valence-electron chi connectivity index (χ2n) is 4.30. The molecule has 106 valence electrons. The van der Waals surface area contributed by atoms with Crippen LogP contribution >= 0.6 is 0 Å². The monoisotopic (exact) mass is 266 g/mol. The third-order valence-corrected chi connectivity index (χ3v) is 2.77. The molecule has 0 spiro atoms. The third-order valence-electron chi connectivity index (χ3n) is 2.77. The second kappa shape index (κ2) is 8.53. The zero-order chi connectivity index (χ0) is 14.1. The van der Waals surface area contributed by atoms with E-state index in [0.717, 1.165) is 24.2 Å². The molecule has 0 amide bonds.